The molecule has 2 atom stereocenters. The summed E-state index contributed by atoms with van der Waals surface area (Å²) in [6, 6.07) is 4.09. The molecule has 120 valence electrons. The van der Waals surface area contributed by atoms with Gasteiger partial charge in [0, 0.05) is 23.6 Å². The Morgan fingerprint density at radius 3 is 2.36 bits per heavy atom. The number of ketones is 1. The monoisotopic (exact) mass is 301 g/mol. The number of aryl methyl sites for hydroxylation is 1. The number of amides is 1. The third kappa shape index (κ3) is 2.69. The van der Waals surface area contributed by atoms with E-state index in [4.69, 9.17) is 0 Å². The Balaban J connectivity index is 0.000000410. The summed E-state index contributed by atoms with van der Waals surface area (Å²) in [5.41, 5.74) is 4.16. The fraction of sp³-hybridized carbons (Fsp3) is 0.579. The first-order valence-corrected chi connectivity index (χ1v) is 8.75. The quantitative estimate of drug-likeness (QED) is 0.754. The van der Waals surface area contributed by atoms with Gasteiger partial charge >= 0.3 is 0 Å². The number of carbonyl (C=O) groups is 2. The lowest BCUT2D eigenvalue weighted by molar-refractivity contribution is -0.120. The van der Waals surface area contributed by atoms with Crippen LogP contribution >= 0.6 is 0 Å². The molecule has 0 spiro atoms. The molecule has 2 aliphatic carbocycles. The first-order valence-electron chi connectivity index (χ1n) is 8.75. The summed E-state index contributed by atoms with van der Waals surface area (Å²) in [4.78, 5) is 23.8. The minimum absolute atomic E-state index is 0.149. The summed E-state index contributed by atoms with van der Waals surface area (Å²) >= 11 is 0. The average Bonchev–Trinajstić information content (AvgIpc) is 3.18. The summed E-state index contributed by atoms with van der Waals surface area (Å²) in [6.07, 6.45) is 4.75. The van der Waals surface area contributed by atoms with E-state index in [2.05, 4.69) is 11.4 Å². The van der Waals surface area contributed by atoms with E-state index in [9.17, 15) is 9.59 Å². The third-order valence-corrected chi connectivity index (χ3v) is 4.71. The molecule has 3 nitrogen and oxygen atoms in total. The molecule has 1 aliphatic heterocycles. The summed E-state index contributed by atoms with van der Waals surface area (Å²) in [7, 11) is 0. The van der Waals surface area contributed by atoms with Gasteiger partial charge in [-0.05, 0) is 42.4 Å². The predicted octanol–water partition coefficient (Wildman–Crippen LogP) is 4.70. The van der Waals surface area contributed by atoms with E-state index in [1.807, 2.05) is 33.8 Å². The molecule has 22 heavy (non-hydrogen) atoms. The molecule has 2 unspecified atom stereocenters. The number of hydrogen-bond donors (Lipinski definition) is 1. The van der Waals surface area contributed by atoms with Crippen LogP contribution in [0.2, 0.25) is 0 Å². The summed E-state index contributed by atoms with van der Waals surface area (Å²) < 4.78 is 0. The third-order valence-electron chi connectivity index (χ3n) is 4.71. The van der Waals surface area contributed by atoms with Crippen LogP contribution < -0.4 is 5.32 Å². The maximum atomic E-state index is 12.0. The van der Waals surface area contributed by atoms with Gasteiger partial charge in [-0.25, -0.2) is 0 Å². The van der Waals surface area contributed by atoms with Crippen molar-refractivity contribution in [3.63, 3.8) is 0 Å². The first kappa shape index (κ1) is 16.7. The molecule has 1 aromatic rings. The van der Waals surface area contributed by atoms with Gasteiger partial charge in [0.05, 0.1) is 0 Å². The van der Waals surface area contributed by atoms with Gasteiger partial charge in [0.2, 0.25) is 5.91 Å². The number of carbonyl (C=O) groups excluding carboxylic acids is 2. The maximum Gasteiger partial charge on any atom is 0.228 e. The molecule has 3 aliphatic rings. The number of anilines is 1. The van der Waals surface area contributed by atoms with Crippen molar-refractivity contribution in [3.8, 4) is 0 Å². The van der Waals surface area contributed by atoms with Crippen molar-refractivity contribution in [3.05, 3.63) is 28.8 Å². The van der Waals surface area contributed by atoms with Crippen molar-refractivity contribution < 1.29 is 9.59 Å². The number of fused-ring (bicyclic) bond motifs is 4. The van der Waals surface area contributed by atoms with Crippen molar-refractivity contribution in [2.45, 2.75) is 65.7 Å². The van der Waals surface area contributed by atoms with Crippen molar-refractivity contribution in [2.24, 2.45) is 5.92 Å². The second kappa shape index (κ2) is 7.08. The Morgan fingerprint density at radius 1 is 0.955 bits per heavy atom. The van der Waals surface area contributed by atoms with Crippen LogP contribution in [0.4, 0.5) is 5.69 Å². The van der Waals surface area contributed by atoms with Gasteiger partial charge < -0.3 is 5.32 Å². The first-order chi connectivity index (χ1) is 10.7. The van der Waals surface area contributed by atoms with E-state index < -0.39 is 0 Å². The lowest BCUT2D eigenvalue weighted by Gasteiger charge is -2.28. The largest absolute Gasteiger partial charge is 0.326 e. The van der Waals surface area contributed by atoms with Crippen LogP contribution in [0.3, 0.4) is 0 Å². The fourth-order valence-electron chi connectivity index (χ4n) is 3.80. The van der Waals surface area contributed by atoms with Crippen molar-refractivity contribution in [1.29, 1.82) is 0 Å². The zero-order chi connectivity index (χ0) is 16.3. The Bertz CT molecular complexity index is 577. The highest BCUT2D eigenvalue weighted by Gasteiger charge is 2.40. The smallest absolute Gasteiger partial charge is 0.228 e. The predicted molar refractivity (Wildman–Crippen MR) is 90.5 cm³/mol. The molecule has 1 fully saturated rings. The normalized spacial score (nSPS) is 24.0. The summed E-state index contributed by atoms with van der Waals surface area (Å²) in [5, 5.41) is 2.99. The molecule has 0 saturated heterocycles. The molecule has 1 amide bonds. The van der Waals surface area contributed by atoms with Crippen LogP contribution in [0.15, 0.2) is 12.1 Å². The van der Waals surface area contributed by atoms with Crippen molar-refractivity contribution in [1.82, 2.24) is 0 Å². The Hall–Kier alpha value is -1.64. The van der Waals surface area contributed by atoms with Gasteiger partial charge in [-0.1, -0.05) is 40.2 Å². The second-order valence-electron chi connectivity index (χ2n) is 5.65. The van der Waals surface area contributed by atoms with Crippen LogP contribution in [-0.4, -0.2) is 11.7 Å². The Labute approximate surface area is 133 Å². The Morgan fingerprint density at radius 2 is 1.64 bits per heavy atom. The zero-order valence-corrected chi connectivity index (χ0v) is 14.2. The zero-order valence-electron chi connectivity index (χ0n) is 14.2. The molecular formula is C19H27NO2. The molecule has 0 radical (unpaired) electrons. The summed E-state index contributed by atoms with van der Waals surface area (Å²) in [6.45, 7) is 8.00. The molecule has 3 heteroatoms. The van der Waals surface area contributed by atoms with Crippen LogP contribution in [0.1, 0.15) is 80.8 Å². The number of rotatable bonds is 0. The fourth-order valence-corrected chi connectivity index (χ4v) is 3.80. The van der Waals surface area contributed by atoms with Gasteiger partial charge in [-0.2, -0.15) is 0 Å². The van der Waals surface area contributed by atoms with Crippen LogP contribution in [0.25, 0.3) is 0 Å². The minimum Gasteiger partial charge on any atom is -0.326 e. The van der Waals surface area contributed by atoms with E-state index in [1.54, 1.807) is 0 Å². The van der Waals surface area contributed by atoms with Crippen LogP contribution in [0.5, 0.6) is 0 Å². The van der Waals surface area contributed by atoms with Crippen molar-refractivity contribution >= 4 is 17.4 Å². The molecule has 0 aromatic heterocycles. The highest BCUT2D eigenvalue weighted by molar-refractivity contribution is 6.04. The van der Waals surface area contributed by atoms with E-state index in [0.717, 1.165) is 36.9 Å². The van der Waals surface area contributed by atoms with Gasteiger partial charge in [0.1, 0.15) is 0 Å². The van der Waals surface area contributed by atoms with Gasteiger partial charge in [-0.15, -0.1) is 0 Å². The van der Waals surface area contributed by atoms with Crippen molar-refractivity contribution in [2.75, 3.05) is 5.32 Å². The molecular weight excluding hydrogens is 274 g/mol. The molecule has 1 saturated carbocycles. The summed E-state index contributed by atoms with van der Waals surface area (Å²) in [5.74, 6) is 0.911. The molecule has 1 N–H and O–H groups in total. The van der Waals surface area contributed by atoms with Gasteiger partial charge in [0.15, 0.2) is 5.78 Å². The van der Waals surface area contributed by atoms with E-state index >= 15 is 0 Å². The Kier molecular flexibility index (Phi) is 5.38. The lowest BCUT2D eigenvalue weighted by Crippen LogP contribution is -2.30. The average molecular weight is 301 g/mol. The number of nitrogens with one attached hydrogen (secondary N) is 1. The number of Topliss-reactive ketones (excluding diaryl/α,β-unsaturated/α-hetero) is 1. The SMILES string of the molecule is CC.CC.O=C1CCc2cc3c(cc21)NC(=O)C1CCCC31. The van der Waals surface area contributed by atoms with Crippen LogP contribution in [-0.2, 0) is 11.2 Å². The minimum atomic E-state index is 0.149. The van der Waals surface area contributed by atoms with E-state index in [0.29, 0.717) is 12.3 Å². The maximum absolute atomic E-state index is 12.0. The second-order valence-corrected chi connectivity index (χ2v) is 5.65. The lowest BCUT2D eigenvalue weighted by atomic mass is 9.82. The van der Waals surface area contributed by atoms with E-state index in [-0.39, 0.29) is 17.6 Å². The molecule has 0 bridgehead atoms. The molecule has 1 aromatic carbocycles. The molecule has 4 rings (SSSR count). The highest BCUT2D eigenvalue weighted by Crippen LogP contribution is 2.47. The molecule has 1 heterocycles. The van der Waals surface area contributed by atoms with Crippen LogP contribution in [0, 0.1) is 5.92 Å². The van der Waals surface area contributed by atoms with E-state index in [1.165, 1.54) is 11.1 Å². The topological polar surface area (TPSA) is 46.2 Å². The number of benzene rings is 1. The van der Waals surface area contributed by atoms with Gasteiger partial charge in [0.25, 0.3) is 0 Å². The van der Waals surface area contributed by atoms with Gasteiger partial charge in [-0.3, -0.25) is 9.59 Å². The highest BCUT2D eigenvalue weighted by atomic mass is 16.2. The number of hydrogen-bond acceptors (Lipinski definition) is 2. The standard InChI is InChI=1S/C15H15NO2.2C2H6/c17-14-5-4-8-6-12-9-2-1-3-10(9)15(18)16-13(12)7-11(8)14;2*1-2/h6-7,9-10H,1-5H2,(H,16,18);2*1-2H3.